The van der Waals surface area contributed by atoms with E-state index in [0.717, 1.165) is 55.8 Å². The Morgan fingerprint density at radius 1 is 1.19 bits per heavy atom. The van der Waals surface area contributed by atoms with Crippen molar-refractivity contribution in [2.75, 3.05) is 13.2 Å². The van der Waals surface area contributed by atoms with Crippen LogP contribution in [0.15, 0.2) is 61.0 Å². The van der Waals surface area contributed by atoms with Crippen LogP contribution in [0.3, 0.4) is 0 Å². The van der Waals surface area contributed by atoms with Gasteiger partial charge in [0.15, 0.2) is 5.82 Å². The molecule has 200 valence electrons. The highest BCUT2D eigenvalue weighted by atomic mass is 16.5. The molecule has 5 nitrogen and oxygen atoms in total. The van der Waals surface area contributed by atoms with Gasteiger partial charge >= 0.3 is 0 Å². The van der Waals surface area contributed by atoms with E-state index in [2.05, 4.69) is 60.5 Å². The molecule has 0 amide bonds. The topological polar surface area (TPSA) is 73.1 Å². The third-order valence-electron chi connectivity index (χ3n) is 6.11. The van der Waals surface area contributed by atoms with E-state index < -0.39 is 0 Å². The molecule has 0 aromatic carbocycles. The lowest BCUT2D eigenvalue weighted by atomic mass is 9.93. The Balaban J connectivity index is 0.000000543. The molecular formula is C31H50N4O. The monoisotopic (exact) mass is 494 g/mol. The van der Waals surface area contributed by atoms with Crippen molar-refractivity contribution < 1.29 is 4.74 Å². The highest BCUT2D eigenvalue weighted by molar-refractivity contribution is 5.72. The van der Waals surface area contributed by atoms with Gasteiger partial charge in [-0.3, -0.25) is 0 Å². The number of nitrogens with one attached hydrogen (secondary N) is 1. The predicted octanol–water partition coefficient (Wildman–Crippen LogP) is 7.74. The molecular weight excluding hydrogens is 444 g/mol. The summed E-state index contributed by atoms with van der Waals surface area (Å²) in [4.78, 5) is 8.95. The van der Waals surface area contributed by atoms with Gasteiger partial charge in [-0.2, -0.15) is 0 Å². The average Bonchev–Trinajstić information content (AvgIpc) is 2.89. The molecule has 0 spiro atoms. The first kappa shape index (κ1) is 31.4. The van der Waals surface area contributed by atoms with E-state index in [0.29, 0.717) is 11.5 Å². The lowest BCUT2D eigenvalue weighted by Gasteiger charge is -2.28. The van der Waals surface area contributed by atoms with Gasteiger partial charge in [-0.1, -0.05) is 95.9 Å². The second kappa shape index (κ2) is 17.7. The van der Waals surface area contributed by atoms with Gasteiger partial charge in [-0.05, 0) is 39.2 Å². The van der Waals surface area contributed by atoms with Crippen LogP contribution >= 0.6 is 0 Å². The van der Waals surface area contributed by atoms with Crippen LogP contribution in [0, 0.1) is 0 Å². The third kappa shape index (κ3) is 11.9. The molecule has 1 aromatic heterocycles. The number of piperidine rings is 1. The van der Waals surface area contributed by atoms with Gasteiger partial charge in [-0.15, -0.1) is 0 Å². The number of rotatable bonds is 10. The number of nitrogens with two attached hydrogens (primary N) is 1. The molecule has 1 saturated heterocycles. The van der Waals surface area contributed by atoms with Gasteiger partial charge in [0.2, 0.25) is 0 Å². The van der Waals surface area contributed by atoms with Gasteiger partial charge in [0.1, 0.15) is 0 Å². The Labute approximate surface area is 220 Å². The number of allylic oxidation sites excluding steroid dienone is 4. The summed E-state index contributed by atoms with van der Waals surface area (Å²) < 4.78 is 6.14. The van der Waals surface area contributed by atoms with Crippen LogP contribution in [0.4, 0.5) is 0 Å². The molecule has 0 saturated carbocycles. The second-order valence-electron chi connectivity index (χ2n) is 9.34. The molecule has 36 heavy (non-hydrogen) atoms. The van der Waals surface area contributed by atoms with E-state index in [1.165, 1.54) is 37.7 Å². The summed E-state index contributed by atoms with van der Waals surface area (Å²) in [6.07, 6.45) is 20.6. The molecule has 1 atom stereocenters. The van der Waals surface area contributed by atoms with Crippen LogP contribution in [0.25, 0.3) is 11.3 Å². The van der Waals surface area contributed by atoms with E-state index in [4.69, 9.17) is 10.5 Å². The lowest BCUT2D eigenvalue weighted by molar-refractivity contribution is 0.00510. The molecule has 2 aliphatic rings. The number of ether oxygens (including phenoxy) is 1. The Hall–Kier alpha value is -2.66. The van der Waals surface area contributed by atoms with Gasteiger partial charge in [0.25, 0.3) is 0 Å². The first-order chi connectivity index (χ1) is 17.4. The van der Waals surface area contributed by atoms with Crippen LogP contribution in [-0.4, -0.2) is 28.7 Å². The molecule has 1 fully saturated rings. The first-order valence-corrected chi connectivity index (χ1v) is 13.7. The van der Waals surface area contributed by atoms with Crippen LogP contribution in [0.2, 0.25) is 0 Å². The Morgan fingerprint density at radius 3 is 2.50 bits per heavy atom. The molecule has 0 radical (unpaired) electrons. The number of hydrogen-bond acceptors (Lipinski definition) is 5. The molecule has 5 heteroatoms. The summed E-state index contributed by atoms with van der Waals surface area (Å²) in [6, 6.07) is 1.83. The van der Waals surface area contributed by atoms with Crippen molar-refractivity contribution in [3.63, 3.8) is 0 Å². The fraction of sp³-hybridized carbons (Fsp3) is 0.548. The summed E-state index contributed by atoms with van der Waals surface area (Å²) in [7, 11) is 0. The zero-order valence-electron chi connectivity index (χ0n) is 23.5. The van der Waals surface area contributed by atoms with E-state index in [1.54, 1.807) is 6.20 Å². The molecule has 1 aliphatic heterocycles. The fourth-order valence-corrected chi connectivity index (χ4v) is 3.85. The summed E-state index contributed by atoms with van der Waals surface area (Å²) in [5.41, 5.74) is 10.6. The van der Waals surface area contributed by atoms with Crippen LogP contribution < -0.4 is 11.1 Å². The standard InChI is InChI=1S/C22H33N3O.C7H11N.C2H6/c1-4-6-7-8-9-10-17-26-22(3)14-11-18(12-15-22)21-24-16-13-20(25-21)19(23)5-2;1-6-3-4-8-7(2)5-6;1-2/h5,11-14,16H,4,6-10,15,17,23H2,1-3H3;8H,1-5H2;1-2H3/b19-5-;;. The van der Waals surface area contributed by atoms with Crippen molar-refractivity contribution in [2.45, 2.75) is 98.0 Å². The summed E-state index contributed by atoms with van der Waals surface area (Å²) in [5, 5.41) is 3.16. The quantitative estimate of drug-likeness (QED) is 0.257. The number of unbranched alkanes of at least 4 members (excludes halogenated alkanes) is 5. The summed E-state index contributed by atoms with van der Waals surface area (Å²) in [6.45, 7) is 19.8. The predicted molar refractivity (Wildman–Crippen MR) is 156 cm³/mol. The molecule has 3 N–H and O–H groups in total. The van der Waals surface area contributed by atoms with E-state index >= 15 is 0 Å². The number of hydrogen-bond donors (Lipinski definition) is 2. The zero-order valence-corrected chi connectivity index (χ0v) is 23.5. The van der Waals surface area contributed by atoms with Gasteiger partial charge in [0, 0.05) is 37.0 Å². The van der Waals surface area contributed by atoms with Crippen LogP contribution in [-0.2, 0) is 4.74 Å². The molecule has 2 heterocycles. The zero-order chi connectivity index (χ0) is 26.8. The van der Waals surface area contributed by atoms with E-state index in [-0.39, 0.29) is 5.60 Å². The average molecular weight is 495 g/mol. The third-order valence-corrected chi connectivity index (χ3v) is 6.11. The summed E-state index contributed by atoms with van der Waals surface area (Å²) in [5.74, 6) is 0.710. The van der Waals surface area contributed by atoms with Crippen molar-refractivity contribution >= 4 is 11.3 Å². The smallest absolute Gasteiger partial charge is 0.159 e. The minimum absolute atomic E-state index is 0.229. The van der Waals surface area contributed by atoms with Crippen LogP contribution in [0.5, 0.6) is 0 Å². The van der Waals surface area contributed by atoms with Gasteiger partial charge in [-0.25, -0.2) is 9.97 Å². The van der Waals surface area contributed by atoms with E-state index in [1.807, 2.05) is 32.9 Å². The SMILES string of the molecule is C/C=C(\N)c1ccnc(C2=CCC(C)(OCCCCCCCC)C=C2)n1.C=C1CCNC(=C)C1.CC. The lowest BCUT2D eigenvalue weighted by Crippen LogP contribution is -2.27. The normalized spacial score (nSPS) is 19.4. The maximum Gasteiger partial charge on any atom is 0.159 e. The van der Waals surface area contributed by atoms with E-state index in [9.17, 15) is 0 Å². The maximum absolute atomic E-state index is 6.14. The second-order valence-corrected chi connectivity index (χ2v) is 9.34. The maximum atomic E-state index is 6.14. The first-order valence-electron chi connectivity index (χ1n) is 13.7. The molecule has 0 bridgehead atoms. The Bertz CT molecular complexity index is 886. The van der Waals surface area contributed by atoms with Gasteiger partial charge < -0.3 is 15.8 Å². The molecule has 1 aliphatic carbocycles. The minimum Gasteiger partial charge on any atom is -0.397 e. The van der Waals surface area contributed by atoms with Crippen molar-refractivity contribution in [2.24, 2.45) is 5.73 Å². The molecule has 1 unspecified atom stereocenters. The number of nitrogens with zero attached hydrogens (tertiary/aromatic N) is 2. The summed E-state index contributed by atoms with van der Waals surface area (Å²) >= 11 is 0. The minimum atomic E-state index is -0.229. The highest BCUT2D eigenvalue weighted by Gasteiger charge is 2.24. The van der Waals surface area contributed by atoms with Crippen molar-refractivity contribution in [1.82, 2.24) is 15.3 Å². The largest absolute Gasteiger partial charge is 0.397 e. The Kier molecular flexibility index (Phi) is 15.4. The van der Waals surface area contributed by atoms with Crippen molar-refractivity contribution in [3.05, 3.63) is 72.5 Å². The molecule has 3 rings (SSSR count). The fourth-order valence-electron chi connectivity index (χ4n) is 3.85. The highest BCUT2D eigenvalue weighted by Crippen LogP contribution is 2.28. The number of aromatic nitrogens is 2. The van der Waals surface area contributed by atoms with Crippen molar-refractivity contribution in [3.8, 4) is 0 Å². The molecule has 1 aromatic rings. The van der Waals surface area contributed by atoms with Crippen molar-refractivity contribution in [1.29, 1.82) is 0 Å². The Morgan fingerprint density at radius 2 is 1.92 bits per heavy atom. The van der Waals surface area contributed by atoms with Gasteiger partial charge in [0.05, 0.1) is 17.0 Å². The van der Waals surface area contributed by atoms with Crippen LogP contribution in [0.1, 0.15) is 104 Å².